The lowest BCUT2D eigenvalue weighted by Crippen LogP contribution is -2.17. The van der Waals surface area contributed by atoms with E-state index in [9.17, 15) is 0 Å². The summed E-state index contributed by atoms with van der Waals surface area (Å²) in [4.78, 5) is 8.70. The lowest BCUT2D eigenvalue weighted by atomic mass is 10.1. The number of benzene rings is 1. The van der Waals surface area contributed by atoms with Crippen LogP contribution in [-0.2, 0) is 0 Å². The van der Waals surface area contributed by atoms with Gasteiger partial charge >= 0.3 is 0 Å². The number of pyridine rings is 1. The second-order valence-electron chi connectivity index (χ2n) is 5.62. The molecule has 106 valence electrons. The zero-order valence-corrected chi connectivity index (χ0v) is 11.9. The number of aromatic nitrogens is 3. The van der Waals surface area contributed by atoms with Crippen molar-refractivity contribution in [1.82, 2.24) is 14.5 Å². The quantitative estimate of drug-likeness (QED) is 0.793. The van der Waals surface area contributed by atoms with Gasteiger partial charge in [0.2, 0.25) is 5.95 Å². The molecule has 21 heavy (non-hydrogen) atoms. The Bertz CT molecular complexity index is 751. The van der Waals surface area contributed by atoms with Gasteiger partial charge in [0.15, 0.2) is 0 Å². The molecular weight excluding hydrogens is 260 g/mol. The first-order chi connectivity index (χ1) is 10.4. The summed E-state index contributed by atoms with van der Waals surface area (Å²) in [6, 6.07) is 8.90. The van der Waals surface area contributed by atoms with Crippen LogP contribution >= 0.6 is 0 Å². The molecule has 4 heteroatoms. The predicted molar refractivity (Wildman–Crippen MR) is 84.7 cm³/mol. The molecule has 0 bridgehead atoms. The fraction of sp³-hybridized carbons (Fsp3) is 0.294. The summed E-state index contributed by atoms with van der Waals surface area (Å²) in [6.07, 6.45) is 12.7. The normalized spacial score (nSPS) is 15.6. The van der Waals surface area contributed by atoms with Crippen LogP contribution in [-0.4, -0.2) is 20.6 Å². The molecule has 2 heterocycles. The van der Waals surface area contributed by atoms with Crippen molar-refractivity contribution in [3.8, 4) is 5.69 Å². The van der Waals surface area contributed by atoms with Gasteiger partial charge in [-0.2, -0.15) is 0 Å². The number of fused-ring (bicyclic) bond motifs is 1. The molecule has 2 aromatic heterocycles. The van der Waals surface area contributed by atoms with Crippen molar-refractivity contribution < 1.29 is 0 Å². The van der Waals surface area contributed by atoms with Gasteiger partial charge in [0.25, 0.3) is 0 Å². The van der Waals surface area contributed by atoms with E-state index < -0.39 is 0 Å². The third-order valence-corrected chi connectivity index (χ3v) is 4.25. The van der Waals surface area contributed by atoms with E-state index in [0.717, 1.165) is 17.0 Å². The molecule has 0 amide bonds. The Labute approximate surface area is 123 Å². The van der Waals surface area contributed by atoms with Crippen molar-refractivity contribution in [2.24, 2.45) is 0 Å². The van der Waals surface area contributed by atoms with Gasteiger partial charge in [-0.3, -0.25) is 9.55 Å². The highest BCUT2D eigenvalue weighted by Crippen LogP contribution is 2.26. The molecule has 0 atom stereocenters. The highest BCUT2D eigenvalue weighted by Gasteiger charge is 2.17. The molecule has 1 aromatic carbocycles. The van der Waals surface area contributed by atoms with E-state index in [1.807, 2.05) is 24.8 Å². The summed E-state index contributed by atoms with van der Waals surface area (Å²) in [5, 5.41) is 5.93. The minimum absolute atomic E-state index is 0.558. The van der Waals surface area contributed by atoms with Gasteiger partial charge in [-0.05, 0) is 25.0 Å². The maximum absolute atomic E-state index is 4.50. The van der Waals surface area contributed by atoms with E-state index in [2.05, 4.69) is 44.1 Å². The van der Waals surface area contributed by atoms with Gasteiger partial charge in [0, 0.05) is 41.6 Å². The highest BCUT2D eigenvalue weighted by molar-refractivity contribution is 5.89. The number of rotatable bonds is 3. The summed E-state index contributed by atoms with van der Waals surface area (Å²) < 4.78 is 2.14. The number of hydrogen-bond donors (Lipinski definition) is 1. The molecule has 0 unspecified atom stereocenters. The molecule has 1 aliphatic carbocycles. The number of anilines is 1. The van der Waals surface area contributed by atoms with Gasteiger partial charge in [-0.25, -0.2) is 4.98 Å². The van der Waals surface area contributed by atoms with Crippen molar-refractivity contribution in [3.05, 3.63) is 49.1 Å². The summed E-state index contributed by atoms with van der Waals surface area (Å²) in [6.45, 7) is 0. The molecule has 1 saturated carbocycles. The summed E-state index contributed by atoms with van der Waals surface area (Å²) in [7, 11) is 0. The molecule has 1 N–H and O–H groups in total. The van der Waals surface area contributed by atoms with Gasteiger partial charge in [0.1, 0.15) is 0 Å². The molecule has 3 aromatic rings. The van der Waals surface area contributed by atoms with E-state index in [1.165, 1.54) is 31.1 Å². The second kappa shape index (κ2) is 5.20. The number of imidazole rings is 1. The number of nitrogens with zero attached hydrogens (tertiary/aromatic N) is 3. The highest BCUT2D eigenvalue weighted by atomic mass is 15.2. The second-order valence-corrected chi connectivity index (χ2v) is 5.62. The lowest BCUT2D eigenvalue weighted by Gasteiger charge is -2.16. The maximum atomic E-state index is 4.50. The fourth-order valence-electron chi connectivity index (χ4n) is 3.17. The molecule has 0 spiro atoms. The molecule has 4 rings (SSSR count). The van der Waals surface area contributed by atoms with Gasteiger partial charge in [-0.15, -0.1) is 0 Å². The minimum Gasteiger partial charge on any atom is -0.353 e. The van der Waals surface area contributed by atoms with Crippen LogP contribution in [0.3, 0.4) is 0 Å². The molecule has 0 saturated heterocycles. The van der Waals surface area contributed by atoms with Crippen molar-refractivity contribution >= 4 is 16.7 Å². The smallest absolute Gasteiger partial charge is 0.207 e. The summed E-state index contributed by atoms with van der Waals surface area (Å²) in [5.74, 6) is 0.936. The van der Waals surface area contributed by atoms with Gasteiger partial charge in [-0.1, -0.05) is 25.0 Å². The number of nitrogens with one attached hydrogen (secondary N) is 1. The fourth-order valence-corrected chi connectivity index (χ4v) is 3.17. The third kappa shape index (κ3) is 2.27. The molecule has 4 nitrogen and oxygen atoms in total. The van der Waals surface area contributed by atoms with Crippen LogP contribution in [0.25, 0.3) is 16.5 Å². The largest absolute Gasteiger partial charge is 0.353 e. The molecule has 1 fully saturated rings. The topological polar surface area (TPSA) is 42.7 Å². The average molecular weight is 278 g/mol. The van der Waals surface area contributed by atoms with Crippen molar-refractivity contribution in [3.63, 3.8) is 0 Å². The van der Waals surface area contributed by atoms with E-state index in [0.29, 0.717) is 6.04 Å². The van der Waals surface area contributed by atoms with Crippen molar-refractivity contribution in [2.45, 2.75) is 31.7 Å². The molecular formula is C17H18N4. The first kappa shape index (κ1) is 12.4. The van der Waals surface area contributed by atoms with Crippen molar-refractivity contribution in [1.29, 1.82) is 0 Å². The Kier molecular flexibility index (Phi) is 3.07. The van der Waals surface area contributed by atoms with Crippen LogP contribution in [0.5, 0.6) is 0 Å². The Morgan fingerprint density at radius 1 is 1.10 bits per heavy atom. The first-order valence-electron chi connectivity index (χ1n) is 7.55. The Morgan fingerprint density at radius 3 is 2.90 bits per heavy atom. The van der Waals surface area contributed by atoms with Crippen LogP contribution in [0.4, 0.5) is 5.95 Å². The van der Waals surface area contributed by atoms with Crippen LogP contribution in [0.15, 0.2) is 49.1 Å². The Hall–Kier alpha value is -2.36. The van der Waals surface area contributed by atoms with E-state index in [-0.39, 0.29) is 0 Å². The molecule has 0 radical (unpaired) electrons. The van der Waals surface area contributed by atoms with E-state index >= 15 is 0 Å². The SMILES string of the molecule is c1cc(-n2ccnc2NC2CCCC2)c2ccncc2c1. The monoisotopic (exact) mass is 278 g/mol. The Morgan fingerprint density at radius 2 is 2.00 bits per heavy atom. The number of hydrogen-bond acceptors (Lipinski definition) is 3. The van der Waals surface area contributed by atoms with Gasteiger partial charge < -0.3 is 5.32 Å². The Balaban J connectivity index is 1.77. The minimum atomic E-state index is 0.558. The standard InChI is InChI=1S/C17H18N4/c1-2-6-14(5-1)20-17-19-10-11-21(17)16-7-3-4-13-12-18-9-8-15(13)16/h3-4,7-12,14H,1-2,5-6H2,(H,19,20). The van der Waals surface area contributed by atoms with E-state index in [1.54, 1.807) is 0 Å². The summed E-state index contributed by atoms with van der Waals surface area (Å²) in [5.41, 5.74) is 1.15. The van der Waals surface area contributed by atoms with Crippen molar-refractivity contribution in [2.75, 3.05) is 5.32 Å². The van der Waals surface area contributed by atoms with Crippen LogP contribution in [0.1, 0.15) is 25.7 Å². The van der Waals surface area contributed by atoms with Crippen LogP contribution < -0.4 is 5.32 Å². The average Bonchev–Trinajstić information content (AvgIpc) is 3.19. The third-order valence-electron chi connectivity index (χ3n) is 4.25. The first-order valence-corrected chi connectivity index (χ1v) is 7.55. The molecule has 0 aliphatic heterocycles. The molecule has 1 aliphatic rings. The van der Waals surface area contributed by atoms with E-state index in [4.69, 9.17) is 0 Å². The zero-order valence-electron chi connectivity index (χ0n) is 11.9. The van der Waals surface area contributed by atoms with Crippen LogP contribution in [0, 0.1) is 0 Å². The van der Waals surface area contributed by atoms with Gasteiger partial charge in [0.05, 0.1) is 5.69 Å². The van der Waals surface area contributed by atoms with Crippen LogP contribution in [0.2, 0.25) is 0 Å². The predicted octanol–water partition coefficient (Wildman–Crippen LogP) is 3.78. The lowest BCUT2D eigenvalue weighted by molar-refractivity contribution is 0.741. The zero-order chi connectivity index (χ0) is 14.1. The maximum Gasteiger partial charge on any atom is 0.207 e. The summed E-state index contributed by atoms with van der Waals surface area (Å²) >= 11 is 0.